The average Bonchev–Trinajstić information content (AvgIpc) is 3.22. The molecule has 6 nitrogen and oxygen atoms in total. The molecule has 1 aliphatic rings. The zero-order valence-electron chi connectivity index (χ0n) is 16.3. The summed E-state index contributed by atoms with van der Waals surface area (Å²) < 4.78 is 6.83. The number of nitrogens with one attached hydrogen (secondary N) is 1. The van der Waals surface area contributed by atoms with Crippen LogP contribution >= 0.6 is 11.3 Å². The Morgan fingerprint density at radius 1 is 1.13 bits per heavy atom. The maximum atomic E-state index is 12.5. The maximum absolute atomic E-state index is 12.5. The van der Waals surface area contributed by atoms with E-state index >= 15 is 0 Å². The van der Waals surface area contributed by atoms with E-state index in [0.29, 0.717) is 23.4 Å². The Bertz CT molecular complexity index is 1240. The SMILES string of the molecule is O=C(NCC1CCN(c2nc3ccccc3s2)CC1)c1cc(=O)c2ccccc2o1. The van der Waals surface area contributed by atoms with E-state index < -0.39 is 0 Å². The molecule has 5 rings (SSSR count). The van der Waals surface area contributed by atoms with Crippen LogP contribution < -0.4 is 15.6 Å². The largest absolute Gasteiger partial charge is 0.451 e. The summed E-state index contributed by atoms with van der Waals surface area (Å²) in [7, 11) is 0. The van der Waals surface area contributed by atoms with Crippen molar-refractivity contribution >= 4 is 43.6 Å². The Kier molecular flexibility index (Phi) is 4.96. The second kappa shape index (κ2) is 7.91. The lowest BCUT2D eigenvalue weighted by Gasteiger charge is -2.31. The Labute approximate surface area is 177 Å². The van der Waals surface area contributed by atoms with Crippen LogP contribution in [0, 0.1) is 5.92 Å². The lowest BCUT2D eigenvalue weighted by atomic mass is 9.97. The van der Waals surface area contributed by atoms with E-state index in [9.17, 15) is 9.59 Å². The van der Waals surface area contributed by atoms with Gasteiger partial charge in [-0.15, -0.1) is 0 Å². The van der Waals surface area contributed by atoms with Crippen molar-refractivity contribution in [3.8, 4) is 0 Å². The third kappa shape index (κ3) is 3.68. The molecule has 0 atom stereocenters. The third-order valence-electron chi connectivity index (χ3n) is 5.58. The highest BCUT2D eigenvalue weighted by Gasteiger charge is 2.22. The van der Waals surface area contributed by atoms with Gasteiger partial charge in [0.15, 0.2) is 16.3 Å². The van der Waals surface area contributed by atoms with Gasteiger partial charge in [-0.05, 0) is 43.0 Å². The number of carbonyl (C=O) groups excluding carboxylic acids is 1. The predicted octanol–water partition coefficient (Wildman–Crippen LogP) is 4.05. The highest BCUT2D eigenvalue weighted by Crippen LogP contribution is 2.31. The van der Waals surface area contributed by atoms with E-state index in [2.05, 4.69) is 16.3 Å². The van der Waals surface area contributed by atoms with Crippen molar-refractivity contribution in [2.45, 2.75) is 12.8 Å². The monoisotopic (exact) mass is 419 g/mol. The van der Waals surface area contributed by atoms with Gasteiger partial charge in [0.2, 0.25) is 0 Å². The van der Waals surface area contributed by atoms with Gasteiger partial charge >= 0.3 is 0 Å². The molecule has 2 aromatic heterocycles. The van der Waals surface area contributed by atoms with E-state index in [1.807, 2.05) is 18.2 Å². The normalized spacial score (nSPS) is 15.0. The minimum atomic E-state index is -0.341. The van der Waals surface area contributed by atoms with Crippen molar-refractivity contribution < 1.29 is 9.21 Å². The Hall–Kier alpha value is -3.19. The van der Waals surface area contributed by atoms with E-state index in [0.717, 1.165) is 36.6 Å². The zero-order chi connectivity index (χ0) is 20.5. The standard InChI is InChI=1S/C23H21N3O3S/c27-18-13-20(29-19-7-3-1-5-16(18)19)22(28)24-14-15-9-11-26(12-10-15)23-25-17-6-2-4-8-21(17)30-23/h1-8,13,15H,9-12,14H2,(H,24,28). The Balaban J connectivity index is 1.19. The van der Waals surface area contributed by atoms with Crippen LogP contribution in [0.1, 0.15) is 23.4 Å². The maximum Gasteiger partial charge on any atom is 0.287 e. The lowest BCUT2D eigenvalue weighted by Crippen LogP contribution is -2.38. The van der Waals surface area contributed by atoms with Gasteiger partial charge in [0.1, 0.15) is 5.58 Å². The Morgan fingerprint density at radius 3 is 2.73 bits per heavy atom. The zero-order valence-corrected chi connectivity index (χ0v) is 17.2. The number of hydrogen-bond donors (Lipinski definition) is 1. The molecular weight excluding hydrogens is 398 g/mol. The predicted molar refractivity (Wildman–Crippen MR) is 119 cm³/mol. The van der Waals surface area contributed by atoms with Gasteiger partial charge in [-0.1, -0.05) is 35.6 Å². The number of thiazole rings is 1. The van der Waals surface area contributed by atoms with Crippen LogP contribution in [0.15, 0.2) is 63.8 Å². The summed E-state index contributed by atoms with van der Waals surface area (Å²) in [6.07, 6.45) is 1.97. The number of amides is 1. The van der Waals surface area contributed by atoms with Crippen LogP contribution in [0.2, 0.25) is 0 Å². The summed E-state index contributed by atoms with van der Waals surface area (Å²) >= 11 is 1.73. The molecule has 1 N–H and O–H groups in total. The second-order valence-corrected chi connectivity index (χ2v) is 8.58. The van der Waals surface area contributed by atoms with Gasteiger partial charge in [0.05, 0.1) is 15.6 Å². The van der Waals surface area contributed by atoms with Crippen molar-refractivity contribution in [3.63, 3.8) is 0 Å². The fraction of sp³-hybridized carbons (Fsp3) is 0.261. The number of hydrogen-bond acceptors (Lipinski definition) is 6. The van der Waals surface area contributed by atoms with Crippen molar-refractivity contribution in [3.05, 3.63) is 70.6 Å². The molecule has 0 bridgehead atoms. The molecule has 1 amide bonds. The van der Waals surface area contributed by atoms with Crippen molar-refractivity contribution in [2.24, 2.45) is 5.92 Å². The summed E-state index contributed by atoms with van der Waals surface area (Å²) in [5, 5.41) is 4.48. The first kappa shape index (κ1) is 18.8. The van der Waals surface area contributed by atoms with Crippen LogP contribution in [-0.4, -0.2) is 30.5 Å². The molecule has 0 unspecified atom stereocenters. The fourth-order valence-electron chi connectivity index (χ4n) is 3.86. The molecule has 1 saturated heterocycles. The second-order valence-electron chi connectivity index (χ2n) is 7.58. The molecule has 2 aromatic carbocycles. The molecule has 1 fully saturated rings. The van der Waals surface area contributed by atoms with Crippen LogP contribution in [0.5, 0.6) is 0 Å². The quantitative estimate of drug-likeness (QED) is 0.540. The molecule has 152 valence electrons. The minimum Gasteiger partial charge on any atom is -0.451 e. The van der Waals surface area contributed by atoms with E-state index in [1.54, 1.807) is 35.6 Å². The van der Waals surface area contributed by atoms with Crippen LogP contribution in [0.25, 0.3) is 21.2 Å². The number of carbonyl (C=O) groups is 1. The van der Waals surface area contributed by atoms with Gasteiger partial charge in [0.25, 0.3) is 5.91 Å². The van der Waals surface area contributed by atoms with E-state index in [1.165, 1.54) is 10.8 Å². The molecular formula is C23H21N3O3S. The van der Waals surface area contributed by atoms with E-state index in [-0.39, 0.29) is 17.1 Å². The number of para-hydroxylation sites is 2. The molecule has 4 aromatic rings. The van der Waals surface area contributed by atoms with Gasteiger partial charge in [-0.3, -0.25) is 9.59 Å². The fourth-order valence-corrected chi connectivity index (χ4v) is 4.88. The number of anilines is 1. The summed E-state index contributed by atoms with van der Waals surface area (Å²) in [6, 6.07) is 16.4. The van der Waals surface area contributed by atoms with Crippen LogP contribution in [-0.2, 0) is 0 Å². The summed E-state index contributed by atoms with van der Waals surface area (Å²) in [6.45, 7) is 2.42. The number of nitrogens with zero attached hydrogens (tertiary/aromatic N) is 2. The van der Waals surface area contributed by atoms with Gasteiger partial charge < -0.3 is 14.6 Å². The molecule has 0 aliphatic carbocycles. The first-order valence-electron chi connectivity index (χ1n) is 10.1. The smallest absolute Gasteiger partial charge is 0.287 e. The average molecular weight is 420 g/mol. The van der Waals surface area contributed by atoms with Gasteiger partial charge in [0, 0.05) is 25.7 Å². The highest BCUT2D eigenvalue weighted by molar-refractivity contribution is 7.22. The molecule has 0 saturated carbocycles. The molecule has 1 aliphatic heterocycles. The molecule has 30 heavy (non-hydrogen) atoms. The van der Waals surface area contributed by atoms with Gasteiger partial charge in [-0.2, -0.15) is 0 Å². The molecule has 3 heterocycles. The van der Waals surface area contributed by atoms with E-state index in [4.69, 9.17) is 9.40 Å². The summed E-state index contributed by atoms with van der Waals surface area (Å²) in [4.78, 5) is 31.8. The van der Waals surface area contributed by atoms with Crippen molar-refractivity contribution in [1.29, 1.82) is 0 Å². The van der Waals surface area contributed by atoms with Gasteiger partial charge in [-0.25, -0.2) is 4.98 Å². The lowest BCUT2D eigenvalue weighted by molar-refractivity contribution is 0.0917. The topological polar surface area (TPSA) is 75.4 Å². The number of fused-ring (bicyclic) bond motifs is 2. The summed E-state index contributed by atoms with van der Waals surface area (Å²) in [5.74, 6) is 0.115. The van der Waals surface area contributed by atoms with Crippen LogP contribution in [0.4, 0.5) is 5.13 Å². The number of rotatable bonds is 4. The summed E-state index contributed by atoms with van der Waals surface area (Å²) in [5.41, 5.74) is 1.27. The molecule has 0 radical (unpaired) electrons. The first-order valence-corrected chi connectivity index (χ1v) is 10.9. The minimum absolute atomic E-state index is 0.0608. The van der Waals surface area contributed by atoms with Crippen molar-refractivity contribution in [2.75, 3.05) is 24.5 Å². The Morgan fingerprint density at radius 2 is 1.90 bits per heavy atom. The number of benzene rings is 2. The first-order chi connectivity index (χ1) is 14.7. The molecule has 0 spiro atoms. The highest BCUT2D eigenvalue weighted by atomic mass is 32.1. The number of aromatic nitrogens is 1. The van der Waals surface area contributed by atoms with Crippen LogP contribution in [0.3, 0.4) is 0 Å². The third-order valence-corrected chi connectivity index (χ3v) is 6.67. The van der Waals surface area contributed by atoms with Crippen molar-refractivity contribution in [1.82, 2.24) is 10.3 Å². The molecule has 7 heteroatoms. The number of piperidine rings is 1.